The van der Waals surface area contributed by atoms with Crippen molar-refractivity contribution < 1.29 is 4.74 Å². The standard InChI is InChI=1S/C10H20N4O/c1-4-11-7-9(2)10-13-12-8-14(10)5-6-15-3/h8-9,11H,4-7H2,1-3H3. The molecule has 0 saturated carbocycles. The van der Waals surface area contributed by atoms with E-state index in [1.54, 1.807) is 13.4 Å². The topological polar surface area (TPSA) is 52.0 Å². The molecule has 0 radical (unpaired) electrons. The maximum atomic E-state index is 5.04. The van der Waals surface area contributed by atoms with Crippen LogP contribution in [0.4, 0.5) is 0 Å². The maximum Gasteiger partial charge on any atom is 0.136 e. The van der Waals surface area contributed by atoms with E-state index >= 15 is 0 Å². The lowest BCUT2D eigenvalue weighted by molar-refractivity contribution is 0.186. The molecule has 0 saturated heterocycles. The molecule has 5 heteroatoms. The van der Waals surface area contributed by atoms with Gasteiger partial charge in [-0.05, 0) is 6.54 Å². The van der Waals surface area contributed by atoms with E-state index in [0.717, 1.165) is 25.5 Å². The van der Waals surface area contributed by atoms with E-state index in [9.17, 15) is 0 Å². The van der Waals surface area contributed by atoms with Gasteiger partial charge in [-0.25, -0.2) is 0 Å². The molecule has 0 spiro atoms. The molecule has 0 fully saturated rings. The van der Waals surface area contributed by atoms with Gasteiger partial charge in [0.25, 0.3) is 0 Å². The van der Waals surface area contributed by atoms with Gasteiger partial charge in [-0.2, -0.15) is 0 Å². The van der Waals surface area contributed by atoms with Crippen molar-refractivity contribution >= 4 is 0 Å². The van der Waals surface area contributed by atoms with E-state index in [-0.39, 0.29) is 0 Å². The van der Waals surface area contributed by atoms with Crippen LogP contribution in [0.1, 0.15) is 25.6 Å². The first-order valence-electron chi connectivity index (χ1n) is 5.37. The first-order valence-corrected chi connectivity index (χ1v) is 5.37. The molecular weight excluding hydrogens is 192 g/mol. The number of likely N-dealkylation sites (N-methyl/N-ethyl adjacent to an activating group) is 1. The smallest absolute Gasteiger partial charge is 0.136 e. The van der Waals surface area contributed by atoms with Crippen LogP contribution in [0.5, 0.6) is 0 Å². The molecule has 1 heterocycles. The SMILES string of the molecule is CCNCC(C)c1nncn1CCOC. The van der Waals surface area contributed by atoms with E-state index in [1.807, 2.05) is 4.57 Å². The van der Waals surface area contributed by atoms with Crippen molar-refractivity contribution in [3.63, 3.8) is 0 Å². The Balaban J connectivity index is 2.54. The molecule has 1 aromatic heterocycles. The lowest BCUT2D eigenvalue weighted by atomic mass is 10.1. The summed E-state index contributed by atoms with van der Waals surface area (Å²) < 4.78 is 7.09. The van der Waals surface area contributed by atoms with Crippen LogP contribution in [0, 0.1) is 0 Å². The van der Waals surface area contributed by atoms with E-state index in [2.05, 4.69) is 29.4 Å². The first-order chi connectivity index (χ1) is 7.29. The number of nitrogens with zero attached hydrogens (tertiary/aromatic N) is 3. The summed E-state index contributed by atoms with van der Waals surface area (Å²) >= 11 is 0. The van der Waals surface area contributed by atoms with Crippen LogP contribution < -0.4 is 5.32 Å². The molecule has 5 nitrogen and oxygen atoms in total. The Hall–Kier alpha value is -0.940. The molecule has 15 heavy (non-hydrogen) atoms. The Morgan fingerprint density at radius 3 is 3.07 bits per heavy atom. The first kappa shape index (κ1) is 12.1. The van der Waals surface area contributed by atoms with Gasteiger partial charge < -0.3 is 14.6 Å². The average Bonchev–Trinajstić information content (AvgIpc) is 2.71. The number of nitrogens with one attached hydrogen (secondary N) is 1. The fourth-order valence-electron chi connectivity index (χ4n) is 1.46. The third-order valence-electron chi connectivity index (χ3n) is 2.32. The summed E-state index contributed by atoms with van der Waals surface area (Å²) in [7, 11) is 1.70. The normalized spacial score (nSPS) is 13.0. The van der Waals surface area contributed by atoms with Crippen LogP contribution in [0.15, 0.2) is 6.33 Å². The molecule has 1 rings (SSSR count). The Morgan fingerprint density at radius 2 is 2.40 bits per heavy atom. The van der Waals surface area contributed by atoms with Gasteiger partial charge >= 0.3 is 0 Å². The summed E-state index contributed by atoms with van der Waals surface area (Å²) in [5, 5.41) is 11.4. The van der Waals surface area contributed by atoms with Crippen molar-refractivity contribution in [3.05, 3.63) is 12.2 Å². The number of hydrogen-bond acceptors (Lipinski definition) is 4. The second kappa shape index (κ2) is 6.53. The quantitative estimate of drug-likeness (QED) is 0.720. The van der Waals surface area contributed by atoms with Crippen LogP contribution in [-0.4, -0.2) is 41.6 Å². The van der Waals surface area contributed by atoms with Crippen molar-refractivity contribution in [1.82, 2.24) is 20.1 Å². The molecule has 1 aromatic rings. The summed E-state index contributed by atoms with van der Waals surface area (Å²) in [6.45, 7) is 7.67. The van der Waals surface area contributed by atoms with Gasteiger partial charge in [0.2, 0.25) is 0 Å². The lowest BCUT2D eigenvalue weighted by Gasteiger charge is -2.12. The third kappa shape index (κ3) is 3.60. The molecule has 0 aliphatic heterocycles. The minimum atomic E-state index is 0.379. The fourth-order valence-corrected chi connectivity index (χ4v) is 1.46. The van der Waals surface area contributed by atoms with Crippen LogP contribution >= 0.6 is 0 Å². The Morgan fingerprint density at radius 1 is 1.60 bits per heavy atom. The fraction of sp³-hybridized carbons (Fsp3) is 0.800. The van der Waals surface area contributed by atoms with Crippen molar-refractivity contribution in [2.75, 3.05) is 26.8 Å². The van der Waals surface area contributed by atoms with Gasteiger partial charge in [-0.3, -0.25) is 0 Å². The number of rotatable bonds is 7. The van der Waals surface area contributed by atoms with Gasteiger partial charge in [-0.1, -0.05) is 13.8 Å². The van der Waals surface area contributed by atoms with Gasteiger partial charge in [0, 0.05) is 26.1 Å². The molecule has 0 aromatic carbocycles. The zero-order valence-electron chi connectivity index (χ0n) is 9.73. The second-order valence-corrected chi connectivity index (χ2v) is 3.58. The maximum absolute atomic E-state index is 5.04. The van der Waals surface area contributed by atoms with E-state index < -0.39 is 0 Å². The third-order valence-corrected chi connectivity index (χ3v) is 2.32. The Labute approximate surface area is 90.8 Å². The number of aromatic nitrogens is 3. The minimum absolute atomic E-state index is 0.379. The molecule has 0 aliphatic carbocycles. The molecule has 86 valence electrons. The Bertz CT molecular complexity index is 274. The van der Waals surface area contributed by atoms with Crippen LogP contribution in [0.2, 0.25) is 0 Å². The lowest BCUT2D eigenvalue weighted by Crippen LogP contribution is -2.22. The molecule has 0 bridgehead atoms. The predicted octanol–water partition coefficient (Wildman–Crippen LogP) is 0.637. The highest BCUT2D eigenvalue weighted by Gasteiger charge is 2.11. The van der Waals surface area contributed by atoms with Crippen LogP contribution in [0.25, 0.3) is 0 Å². The second-order valence-electron chi connectivity index (χ2n) is 3.58. The number of ether oxygens (including phenoxy) is 1. The van der Waals surface area contributed by atoms with Crippen molar-refractivity contribution in [2.24, 2.45) is 0 Å². The highest BCUT2D eigenvalue weighted by Crippen LogP contribution is 2.10. The summed E-state index contributed by atoms with van der Waals surface area (Å²) in [6.07, 6.45) is 1.76. The predicted molar refractivity (Wildman–Crippen MR) is 58.9 cm³/mol. The van der Waals surface area contributed by atoms with Crippen molar-refractivity contribution in [3.8, 4) is 0 Å². The highest BCUT2D eigenvalue weighted by atomic mass is 16.5. The van der Waals surface area contributed by atoms with E-state index in [0.29, 0.717) is 12.5 Å². The van der Waals surface area contributed by atoms with Gasteiger partial charge in [0.05, 0.1) is 6.61 Å². The molecule has 1 unspecified atom stereocenters. The zero-order chi connectivity index (χ0) is 11.1. The van der Waals surface area contributed by atoms with Gasteiger partial charge in [0.15, 0.2) is 0 Å². The zero-order valence-corrected chi connectivity index (χ0v) is 9.73. The van der Waals surface area contributed by atoms with Crippen molar-refractivity contribution in [1.29, 1.82) is 0 Å². The van der Waals surface area contributed by atoms with Crippen LogP contribution in [0.3, 0.4) is 0 Å². The average molecular weight is 212 g/mol. The summed E-state index contributed by atoms with van der Waals surface area (Å²) in [5.74, 6) is 1.40. The Kier molecular flexibility index (Phi) is 5.28. The van der Waals surface area contributed by atoms with Gasteiger partial charge in [0.1, 0.15) is 12.2 Å². The van der Waals surface area contributed by atoms with E-state index in [1.165, 1.54) is 0 Å². The molecule has 1 atom stereocenters. The van der Waals surface area contributed by atoms with Crippen LogP contribution in [-0.2, 0) is 11.3 Å². The highest BCUT2D eigenvalue weighted by molar-refractivity contribution is 4.95. The van der Waals surface area contributed by atoms with Gasteiger partial charge in [-0.15, -0.1) is 10.2 Å². The largest absolute Gasteiger partial charge is 0.383 e. The van der Waals surface area contributed by atoms with Crippen molar-refractivity contribution in [2.45, 2.75) is 26.3 Å². The minimum Gasteiger partial charge on any atom is -0.383 e. The molecular formula is C10H20N4O. The van der Waals surface area contributed by atoms with E-state index in [4.69, 9.17) is 4.74 Å². The summed E-state index contributed by atoms with van der Waals surface area (Å²) in [4.78, 5) is 0. The molecule has 0 amide bonds. The summed E-state index contributed by atoms with van der Waals surface area (Å²) in [5.41, 5.74) is 0. The molecule has 0 aliphatic rings. The number of methoxy groups -OCH3 is 1. The molecule has 1 N–H and O–H groups in total. The summed E-state index contributed by atoms with van der Waals surface area (Å²) in [6, 6.07) is 0. The monoisotopic (exact) mass is 212 g/mol. The number of hydrogen-bond donors (Lipinski definition) is 1.